The number of aromatic nitrogens is 1. The minimum atomic E-state index is -0.0762. The first kappa shape index (κ1) is 14.1. The quantitative estimate of drug-likeness (QED) is 0.921. The molecule has 1 aliphatic rings. The lowest BCUT2D eigenvalue weighted by molar-refractivity contribution is 0.0554. The van der Waals surface area contributed by atoms with E-state index in [9.17, 15) is 4.79 Å². The van der Waals surface area contributed by atoms with Gasteiger partial charge in [0.15, 0.2) is 11.3 Å². The normalized spacial score (nSPS) is 20.7. The molecule has 5 nitrogen and oxygen atoms in total. The number of nitrogens with two attached hydrogens (primary N) is 1. The highest BCUT2D eigenvalue weighted by Gasteiger charge is 2.31. The number of carbonyl (C=O) groups excluding carboxylic acids is 1. The van der Waals surface area contributed by atoms with E-state index < -0.39 is 0 Å². The van der Waals surface area contributed by atoms with Crippen molar-refractivity contribution >= 4 is 17.0 Å². The molecule has 2 atom stereocenters. The SMILES string of the molecule is Cc1ccc2oc(C(=O)N3CCCCC3C(C)N)cc2n1. The van der Waals surface area contributed by atoms with Crippen molar-refractivity contribution in [1.82, 2.24) is 9.88 Å². The molecule has 0 bridgehead atoms. The monoisotopic (exact) mass is 287 g/mol. The minimum absolute atomic E-state index is 0.0287. The molecule has 0 aliphatic carbocycles. The molecule has 0 spiro atoms. The molecule has 5 heteroatoms. The Morgan fingerprint density at radius 1 is 1.48 bits per heavy atom. The number of piperidine rings is 1. The molecule has 0 radical (unpaired) electrons. The predicted molar refractivity (Wildman–Crippen MR) is 81.1 cm³/mol. The number of rotatable bonds is 2. The first-order valence-corrected chi connectivity index (χ1v) is 7.50. The summed E-state index contributed by atoms with van der Waals surface area (Å²) in [6.45, 7) is 4.62. The molecule has 2 unspecified atom stereocenters. The molecular weight excluding hydrogens is 266 g/mol. The average molecular weight is 287 g/mol. The molecule has 3 rings (SSSR count). The van der Waals surface area contributed by atoms with Crippen molar-refractivity contribution in [2.24, 2.45) is 5.73 Å². The maximum atomic E-state index is 12.7. The molecule has 2 N–H and O–H groups in total. The van der Waals surface area contributed by atoms with Gasteiger partial charge in [-0.2, -0.15) is 0 Å². The molecule has 21 heavy (non-hydrogen) atoms. The van der Waals surface area contributed by atoms with Crippen molar-refractivity contribution in [1.29, 1.82) is 0 Å². The second kappa shape index (κ2) is 5.48. The number of hydrogen-bond acceptors (Lipinski definition) is 4. The highest BCUT2D eigenvalue weighted by Crippen LogP contribution is 2.24. The Morgan fingerprint density at radius 2 is 2.29 bits per heavy atom. The molecule has 1 amide bonds. The number of hydrogen-bond donors (Lipinski definition) is 1. The summed E-state index contributed by atoms with van der Waals surface area (Å²) in [5.41, 5.74) is 8.32. The highest BCUT2D eigenvalue weighted by molar-refractivity contribution is 5.95. The second-order valence-corrected chi connectivity index (χ2v) is 5.87. The molecule has 1 fully saturated rings. The Bertz CT molecular complexity index is 663. The van der Waals surface area contributed by atoms with Crippen LogP contribution < -0.4 is 5.73 Å². The summed E-state index contributed by atoms with van der Waals surface area (Å²) in [5.74, 6) is 0.281. The Kier molecular flexibility index (Phi) is 3.68. The van der Waals surface area contributed by atoms with Crippen molar-refractivity contribution in [3.63, 3.8) is 0 Å². The second-order valence-electron chi connectivity index (χ2n) is 5.87. The first-order valence-electron chi connectivity index (χ1n) is 7.50. The van der Waals surface area contributed by atoms with Crippen LogP contribution in [-0.4, -0.2) is 34.4 Å². The van der Waals surface area contributed by atoms with Crippen molar-refractivity contribution in [2.45, 2.75) is 45.2 Å². The van der Waals surface area contributed by atoms with E-state index in [-0.39, 0.29) is 18.0 Å². The van der Waals surface area contributed by atoms with Crippen LogP contribution in [0.3, 0.4) is 0 Å². The van der Waals surface area contributed by atoms with Gasteiger partial charge in [-0.3, -0.25) is 4.79 Å². The van der Waals surface area contributed by atoms with Gasteiger partial charge in [-0.15, -0.1) is 0 Å². The summed E-state index contributed by atoms with van der Waals surface area (Å²) < 4.78 is 5.67. The molecule has 2 aromatic heterocycles. The van der Waals surface area contributed by atoms with E-state index in [4.69, 9.17) is 10.2 Å². The molecule has 1 saturated heterocycles. The summed E-state index contributed by atoms with van der Waals surface area (Å²) in [7, 11) is 0. The van der Waals surface area contributed by atoms with Crippen molar-refractivity contribution < 1.29 is 9.21 Å². The Labute approximate surface area is 124 Å². The third kappa shape index (κ3) is 2.65. The Morgan fingerprint density at radius 3 is 3.05 bits per heavy atom. The molecular formula is C16H21N3O2. The van der Waals surface area contributed by atoms with Gasteiger partial charge in [0.05, 0.1) is 0 Å². The smallest absolute Gasteiger partial charge is 0.289 e. The third-order valence-corrected chi connectivity index (χ3v) is 4.14. The zero-order chi connectivity index (χ0) is 15.0. The number of aryl methyl sites for hydroxylation is 1. The Hall–Kier alpha value is -1.88. The molecule has 1 aliphatic heterocycles. The van der Waals surface area contributed by atoms with Crippen molar-refractivity contribution in [3.8, 4) is 0 Å². The van der Waals surface area contributed by atoms with Crippen LogP contribution >= 0.6 is 0 Å². The fourth-order valence-electron chi connectivity index (χ4n) is 3.03. The van der Waals surface area contributed by atoms with Crippen LogP contribution in [0.1, 0.15) is 42.4 Å². The minimum Gasteiger partial charge on any atom is -0.449 e. The van der Waals surface area contributed by atoms with Crippen molar-refractivity contribution in [2.75, 3.05) is 6.54 Å². The van der Waals surface area contributed by atoms with Crippen LogP contribution in [0.2, 0.25) is 0 Å². The van der Waals surface area contributed by atoms with Crippen molar-refractivity contribution in [3.05, 3.63) is 29.7 Å². The lowest BCUT2D eigenvalue weighted by Crippen LogP contribution is -2.51. The topological polar surface area (TPSA) is 72.4 Å². The number of likely N-dealkylation sites (tertiary alicyclic amines) is 1. The largest absolute Gasteiger partial charge is 0.449 e. The summed E-state index contributed by atoms with van der Waals surface area (Å²) in [4.78, 5) is 19.0. The fourth-order valence-corrected chi connectivity index (χ4v) is 3.03. The molecule has 0 aromatic carbocycles. The van der Waals surface area contributed by atoms with Gasteiger partial charge in [0.25, 0.3) is 5.91 Å². The van der Waals surface area contributed by atoms with Gasteiger partial charge in [0, 0.05) is 30.4 Å². The van der Waals surface area contributed by atoms with Gasteiger partial charge in [-0.05, 0) is 45.2 Å². The highest BCUT2D eigenvalue weighted by atomic mass is 16.3. The van der Waals surface area contributed by atoms with E-state index in [1.54, 1.807) is 6.07 Å². The molecule has 112 valence electrons. The van der Waals surface area contributed by atoms with E-state index in [1.807, 2.05) is 30.9 Å². The molecule has 0 saturated carbocycles. The maximum absolute atomic E-state index is 12.7. The van der Waals surface area contributed by atoms with Gasteiger partial charge < -0.3 is 15.1 Å². The number of amides is 1. The summed E-state index contributed by atoms with van der Waals surface area (Å²) >= 11 is 0. The van der Waals surface area contributed by atoms with Crippen LogP contribution in [0.5, 0.6) is 0 Å². The molecule has 3 heterocycles. The van der Waals surface area contributed by atoms with E-state index in [0.717, 1.165) is 37.0 Å². The zero-order valence-corrected chi connectivity index (χ0v) is 12.5. The predicted octanol–water partition coefficient (Wildman–Crippen LogP) is 2.48. The summed E-state index contributed by atoms with van der Waals surface area (Å²) in [6.07, 6.45) is 3.10. The standard InChI is InChI=1S/C16H21N3O2/c1-10-6-7-14-12(18-10)9-15(21-14)16(20)19-8-4-3-5-13(19)11(2)17/h6-7,9,11,13H,3-5,8,17H2,1-2H3. The number of furan rings is 1. The third-order valence-electron chi connectivity index (χ3n) is 4.14. The van der Waals surface area contributed by atoms with E-state index in [2.05, 4.69) is 4.98 Å². The number of pyridine rings is 1. The van der Waals surface area contributed by atoms with Crippen LogP contribution in [0, 0.1) is 6.92 Å². The molecule has 2 aromatic rings. The van der Waals surface area contributed by atoms with E-state index >= 15 is 0 Å². The zero-order valence-electron chi connectivity index (χ0n) is 12.5. The Balaban J connectivity index is 1.91. The summed E-state index contributed by atoms with van der Waals surface area (Å²) in [6, 6.07) is 5.53. The number of nitrogens with zero attached hydrogens (tertiary/aromatic N) is 2. The van der Waals surface area contributed by atoms with Crippen LogP contribution in [0.25, 0.3) is 11.1 Å². The first-order chi connectivity index (χ1) is 10.1. The van der Waals surface area contributed by atoms with Gasteiger partial charge in [-0.1, -0.05) is 0 Å². The number of fused-ring (bicyclic) bond motifs is 1. The average Bonchev–Trinajstić information content (AvgIpc) is 2.89. The van der Waals surface area contributed by atoms with Crippen LogP contribution in [0.4, 0.5) is 0 Å². The van der Waals surface area contributed by atoms with Crippen LogP contribution in [0.15, 0.2) is 22.6 Å². The van der Waals surface area contributed by atoms with Gasteiger partial charge in [0.1, 0.15) is 5.52 Å². The maximum Gasteiger partial charge on any atom is 0.289 e. The fraction of sp³-hybridized carbons (Fsp3) is 0.500. The van der Waals surface area contributed by atoms with Gasteiger partial charge in [0.2, 0.25) is 0 Å². The lowest BCUT2D eigenvalue weighted by Gasteiger charge is -2.37. The van der Waals surface area contributed by atoms with E-state index in [0.29, 0.717) is 11.3 Å². The van der Waals surface area contributed by atoms with Gasteiger partial charge in [-0.25, -0.2) is 4.98 Å². The van der Waals surface area contributed by atoms with E-state index in [1.165, 1.54) is 0 Å². The van der Waals surface area contributed by atoms with Crippen LogP contribution in [-0.2, 0) is 0 Å². The number of carbonyl (C=O) groups is 1. The lowest BCUT2D eigenvalue weighted by atomic mass is 9.96. The van der Waals surface area contributed by atoms with Gasteiger partial charge >= 0.3 is 0 Å². The summed E-state index contributed by atoms with van der Waals surface area (Å²) in [5, 5.41) is 0.